The molecule has 10 heteroatoms. The van der Waals surface area contributed by atoms with Gasteiger partial charge in [-0.1, -0.05) is 89.9 Å². The Balaban J connectivity index is 2.13. The Bertz CT molecular complexity index is 608. The number of rotatable bonds is 24. The molecule has 0 amide bonds. The zero-order valence-corrected chi connectivity index (χ0v) is 29.3. The first kappa shape index (κ1) is 42.7. The Labute approximate surface area is 280 Å². The molecule has 1 aliphatic heterocycles. The second-order valence-corrected chi connectivity index (χ2v) is 12.8. The molecule has 272 valence electrons. The van der Waals surface area contributed by atoms with Crippen LogP contribution in [0.15, 0.2) is 0 Å². The van der Waals surface area contributed by atoms with Gasteiger partial charge in [-0.05, 0) is 38.8 Å². The lowest BCUT2D eigenvalue weighted by atomic mass is 10.1. The van der Waals surface area contributed by atoms with Gasteiger partial charge in [-0.25, -0.2) is 0 Å². The minimum absolute atomic E-state index is 0.304. The number of carboxylic acid groups (broad SMARTS) is 2. The van der Waals surface area contributed by atoms with Gasteiger partial charge in [0.2, 0.25) is 0 Å². The summed E-state index contributed by atoms with van der Waals surface area (Å²) in [7, 11) is 0. The molecule has 1 fully saturated rings. The van der Waals surface area contributed by atoms with Gasteiger partial charge in [-0.3, -0.25) is 19.4 Å². The van der Waals surface area contributed by atoms with Crippen LogP contribution in [-0.4, -0.2) is 124 Å². The molecule has 0 spiro atoms. The van der Waals surface area contributed by atoms with Crippen molar-refractivity contribution < 1.29 is 38.7 Å². The van der Waals surface area contributed by atoms with Crippen molar-refractivity contribution in [1.29, 1.82) is 0 Å². The molecule has 1 rings (SSSR count). The molecule has 10 nitrogen and oxygen atoms in total. The van der Waals surface area contributed by atoms with Crippen molar-refractivity contribution in [2.75, 3.05) is 92.1 Å². The largest absolute Gasteiger partial charge is 0.481 e. The Morgan fingerprint density at radius 2 is 0.609 bits per heavy atom. The Morgan fingerprint density at radius 1 is 0.370 bits per heavy atom. The van der Waals surface area contributed by atoms with E-state index in [1.54, 1.807) is 0 Å². The molecule has 0 saturated carbocycles. The van der Waals surface area contributed by atoms with E-state index in [2.05, 4.69) is 9.80 Å². The zero-order valence-electron chi connectivity index (χ0n) is 29.3. The highest BCUT2D eigenvalue weighted by molar-refractivity contribution is 5.66. The lowest BCUT2D eigenvalue weighted by molar-refractivity contribution is -0.138. The molecule has 0 aliphatic carbocycles. The van der Waals surface area contributed by atoms with E-state index in [1.807, 2.05) is 0 Å². The zero-order chi connectivity index (χ0) is 33.2. The van der Waals surface area contributed by atoms with Gasteiger partial charge in [0.15, 0.2) is 0 Å². The van der Waals surface area contributed by atoms with Crippen molar-refractivity contribution in [1.82, 2.24) is 9.80 Å². The quantitative estimate of drug-likeness (QED) is 0.109. The minimum Gasteiger partial charge on any atom is -0.481 e. The van der Waals surface area contributed by atoms with E-state index in [9.17, 15) is 9.59 Å². The third-order valence-corrected chi connectivity index (χ3v) is 8.68. The first-order chi connectivity index (χ1) is 22.6. The predicted octanol–water partition coefficient (Wildman–Crippen LogP) is 6.64. The van der Waals surface area contributed by atoms with Crippen molar-refractivity contribution in [2.45, 2.75) is 128 Å². The molecular formula is C36H70N2O8. The van der Waals surface area contributed by atoms with E-state index in [0.717, 1.165) is 77.8 Å². The van der Waals surface area contributed by atoms with E-state index in [0.29, 0.717) is 65.7 Å². The number of hydrogen-bond donors (Lipinski definition) is 2. The number of nitrogens with zero attached hydrogens (tertiary/aromatic N) is 2. The van der Waals surface area contributed by atoms with Gasteiger partial charge in [0.25, 0.3) is 0 Å². The summed E-state index contributed by atoms with van der Waals surface area (Å²) >= 11 is 0. The smallest absolute Gasteiger partial charge is 0.303 e. The molecule has 0 aromatic rings. The van der Waals surface area contributed by atoms with E-state index in [1.165, 1.54) is 77.0 Å². The van der Waals surface area contributed by atoms with Crippen LogP contribution in [0.4, 0.5) is 0 Å². The normalized spacial score (nSPS) is 17.4. The fourth-order valence-electron chi connectivity index (χ4n) is 5.79. The topological polar surface area (TPSA) is 118 Å². The van der Waals surface area contributed by atoms with E-state index in [4.69, 9.17) is 29.2 Å². The lowest BCUT2D eigenvalue weighted by Gasteiger charge is -2.23. The summed E-state index contributed by atoms with van der Waals surface area (Å²) in [5.41, 5.74) is 0. The molecule has 0 atom stereocenters. The first-order valence-electron chi connectivity index (χ1n) is 18.8. The molecule has 2 N–H and O–H groups in total. The molecule has 0 bridgehead atoms. The van der Waals surface area contributed by atoms with Crippen LogP contribution in [0.5, 0.6) is 0 Å². The van der Waals surface area contributed by atoms with Crippen LogP contribution < -0.4 is 0 Å². The SMILES string of the molecule is O=C(O)CCCCCCCCCCCN1CCOCCOCCN(CCCCCCCCCCCC(=O)O)CCOCCOCC1. The highest BCUT2D eigenvalue weighted by Gasteiger charge is 2.08. The Kier molecular flexibility index (Phi) is 31.2. The molecule has 1 saturated heterocycles. The van der Waals surface area contributed by atoms with Crippen molar-refractivity contribution in [3.63, 3.8) is 0 Å². The predicted molar refractivity (Wildman–Crippen MR) is 184 cm³/mol. The van der Waals surface area contributed by atoms with Crippen molar-refractivity contribution >= 4 is 11.9 Å². The van der Waals surface area contributed by atoms with Gasteiger partial charge in [-0.2, -0.15) is 0 Å². The summed E-state index contributed by atoms with van der Waals surface area (Å²) in [5.74, 6) is -1.36. The number of unbranched alkanes of at least 4 members (excludes halogenated alkanes) is 16. The van der Waals surface area contributed by atoms with Crippen LogP contribution >= 0.6 is 0 Å². The summed E-state index contributed by atoms with van der Waals surface area (Å²) < 4.78 is 23.6. The van der Waals surface area contributed by atoms with Gasteiger partial charge in [0.05, 0.1) is 52.9 Å². The van der Waals surface area contributed by atoms with Gasteiger partial charge in [-0.15, -0.1) is 0 Å². The van der Waals surface area contributed by atoms with Gasteiger partial charge < -0.3 is 29.2 Å². The first-order valence-corrected chi connectivity index (χ1v) is 18.8. The summed E-state index contributed by atoms with van der Waals surface area (Å²) in [6, 6.07) is 0. The van der Waals surface area contributed by atoms with Crippen LogP contribution in [0.1, 0.15) is 128 Å². The third kappa shape index (κ3) is 31.3. The van der Waals surface area contributed by atoms with Crippen LogP contribution in [0, 0.1) is 0 Å². The molecule has 0 aromatic heterocycles. The fourth-order valence-corrected chi connectivity index (χ4v) is 5.79. The second-order valence-electron chi connectivity index (χ2n) is 12.8. The van der Waals surface area contributed by atoms with E-state index < -0.39 is 11.9 Å². The number of carbonyl (C=O) groups is 2. The van der Waals surface area contributed by atoms with Crippen molar-refractivity contribution in [3.8, 4) is 0 Å². The number of carboxylic acids is 2. The summed E-state index contributed by atoms with van der Waals surface area (Å²) in [6.07, 6.45) is 21.5. The average molecular weight is 659 g/mol. The van der Waals surface area contributed by atoms with Crippen LogP contribution in [0.3, 0.4) is 0 Å². The molecule has 1 heterocycles. The Morgan fingerprint density at radius 3 is 0.870 bits per heavy atom. The molecular weight excluding hydrogens is 588 g/mol. The number of hydrogen-bond acceptors (Lipinski definition) is 8. The molecule has 0 aromatic carbocycles. The molecule has 0 radical (unpaired) electrons. The number of aliphatic carboxylic acids is 2. The monoisotopic (exact) mass is 659 g/mol. The molecule has 46 heavy (non-hydrogen) atoms. The molecule has 0 unspecified atom stereocenters. The summed E-state index contributed by atoms with van der Waals surface area (Å²) in [6.45, 7) is 11.2. The van der Waals surface area contributed by atoms with Crippen LogP contribution in [-0.2, 0) is 28.5 Å². The van der Waals surface area contributed by atoms with Crippen molar-refractivity contribution in [2.24, 2.45) is 0 Å². The maximum atomic E-state index is 10.6. The maximum Gasteiger partial charge on any atom is 0.303 e. The van der Waals surface area contributed by atoms with Gasteiger partial charge in [0.1, 0.15) is 0 Å². The highest BCUT2D eigenvalue weighted by Crippen LogP contribution is 2.12. The highest BCUT2D eigenvalue weighted by atomic mass is 16.5. The average Bonchev–Trinajstić information content (AvgIpc) is 3.03. The lowest BCUT2D eigenvalue weighted by Crippen LogP contribution is -2.34. The van der Waals surface area contributed by atoms with Gasteiger partial charge in [0, 0.05) is 39.0 Å². The second kappa shape index (κ2) is 33.6. The summed E-state index contributed by atoms with van der Waals surface area (Å²) in [4.78, 5) is 26.0. The van der Waals surface area contributed by atoms with E-state index >= 15 is 0 Å². The summed E-state index contributed by atoms with van der Waals surface area (Å²) in [5, 5.41) is 17.4. The molecule has 1 aliphatic rings. The number of ether oxygens (including phenoxy) is 4. The third-order valence-electron chi connectivity index (χ3n) is 8.68. The van der Waals surface area contributed by atoms with Gasteiger partial charge >= 0.3 is 11.9 Å². The van der Waals surface area contributed by atoms with E-state index in [-0.39, 0.29) is 0 Å². The van der Waals surface area contributed by atoms with Crippen molar-refractivity contribution in [3.05, 3.63) is 0 Å². The Hall–Kier alpha value is -1.30. The van der Waals surface area contributed by atoms with Crippen LogP contribution in [0.25, 0.3) is 0 Å². The standard InChI is InChI=1S/C36H70N2O8/c39-35(40)19-15-11-7-3-1-5-9-13-17-21-37-23-27-43-31-33-45-29-25-38(26-30-46-34-32-44-28-24-37)22-18-14-10-6-2-4-8-12-16-20-36(41)42/h1-34H2,(H,39,40)(H,41,42). The minimum atomic E-state index is -0.681. The van der Waals surface area contributed by atoms with Crippen LogP contribution in [0.2, 0.25) is 0 Å². The maximum absolute atomic E-state index is 10.6. The fraction of sp³-hybridized carbons (Fsp3) is 0.944.